The zero-order valence-corrected chi connectivity index (χ0v) is 24.3. The molecule has 0 bridgehead atoms. The van der Waals surface area contributed by atoms with E-state index in [1.807, 2.05) is 0 Å². The largest absolute Gasteiger partial charge is 0.496 e. The van der Waals surface area contributed by atoms with Gasteiger partial charge >= 0.3 is 10.2 Å². The van der Waals surface area contributed by atoms with E-state index < -0.39 is 75.1 Å². The zero-order chi connectivity index (χ0) is 32.8. The number of nitrogens with one attached hydrogen (secondary N) is 1. The molecule has 3 unspecified atom stereocenters. The van der Waals surface area contributed by atoms with Crippen molar-refractivity contribution in [2.24, 2.45) is 0 Å². The molecule has 2 fully saturated rings. The second kappa shape index (κ2) is 10.7. The molecule has 242 valence electrons. The standard InChI is InChI=1S/C27H30F7N5O4S/c1-26(42)13-21(38(15-26)16-35)25(41)39(18-3-5-19(6-4-18)44(30,31,32,33)34)23(20-14-36-12-9-22(20)43-2)24(40)37-17-7-10-27(28,29)11-8-17/h3-6,9,12,14,17,21,23,42H,7-8,10-11,13,15H2,1-2H3,(H,37,40). The number of nitrogens with zero attached hydrogens (tertiary/aromatic N) is 4. The van der Waals surface area contributed by atoms with Gasteiger partial charge in [-0.25, -0.2) is 8.78 Å². The zero-order valence-electron chi connectivity index (χ0n) is 23.5. The average molecular weight is 654 g/mol. The van der Waals surface area contributed by atoms with E-state index in [1.54, 1.807) is 6.19 Å². The molecule has 1 aliphatic carbocycles. The van der Waals surface area contributed by atoms with E-state index in [0.717, 1.165) is 16.0 Å². The number of rotatable bonds is 8. The number of halogens is 7. The molecular weight excluding hydrogens is 623 g/mol. The molecule has 9 nitrogen and oxygen atoms in total. The summed E-state index contributed by atoms with van der Waals surface area (Å²) in [6.45, 7) is 1.06. The lowest BCUT2D eigenvalue weighted by molar-refractivity contribution is -0.129. The number of hydrogen-bond acceptors (Lipinski definition) is 7. The number of carbonyl (C=O) groups is 2. The minimum atomic E-state index is -10.1. The molecule has 1 saturated carbocycles. The van der Waals surface area contributed by atoms with Gasteiger partial charge < -0.3 is 15.2 Å². The quantitative estimate of drug-likeness (QED) is 0.272. The number of anilines is 1. The van der Waals surface area contributed by atoms with Crippen LogP contribution >= 0.6 is 10.2 Å². The fraction of sp³-hybridized carbons (Fsp3) is 0.481. The monoisotopic (exact) mass is 653 g/mol. The average Bonchev–Trinajstić information content (AvgIpc) is 3.25. The number of pyridine rings is 1. The van der Waals surface area contributed by atoms with Crippen LogP contribution in [0.4, 0.5) is 33.9 Å². The summed E-state index contributed by atoms with van der Waals surface area (Å²) in [5.74, 6) is -4.91. The first-order chi connectivity index (χ1) is 20.1. The summed E-state index contributed by atoms with van der Waals surface area (Å²) < 4.78 is 101. The Morgan fingerprint density at radius 2 is 1.77 bits per heavy atom. The van der Waals surface area contributed by atoms with Crippen LogP contribution in [0.1, 0.15) is 50.6 Å². The lowest BCUT2D eigenvalue weighted by Gasteiger charge is -2.41. The van der Waals surface area contributed by atoms with Crippen LogP contribution in [0.3, 0.4) is 0 Å². The van der Waals surface area contributed by atoms with Gasteiger partial charge in [-0.05, 0) is 50.1 Å². The minimum absolute atomic E-state index is 0.00677. The van der Waals surface area contributed by atoms with Gasteiger partial charge in [0, 0.05) is 48.9 Å². The van der Waals surface area contributed by atoms with Gasteiger partial charge in [-0.15, -0.1) is 0 Å². The molecule has 1 aromatic carbocycles. The molecular formula is C27H30F7N5O4S. The molecule has 44 heavy (non-hydrogen) atoms. The molecule has 1 aliphatic heterocycles. The van der Waals surface area contributed by atoms with Crippen LogP contribution in [-0.2, 0) is 9.59 Å². The Labute approximate surface area is 248 Å². The molecule has 17 heteroatoms. The number of ether oxygens (including phenoxy) is 1. The van der Waals surface area contributed by atoms with E-state index >= 15 is 0 Å². The molecule has 3 atom stereocenters. The van der Waals surface area contributed by atoms with Crippen molar-refractivity contribution in [1.29, 1.82) is 5.26 Å². The lowest BCUT2D eigenvalue weighted by Crippen LogP contribution is -2.52. The topological polar surface area (TPSA) is 119 Å². The van der Waals surface area contributed by atoms with E-state index in [4.69, 9.17) is 4.74 Å². The Balaban J connectivity index is 1.87. The van der Waals surface area contributed by atoms with E-state index in [1.165, 1.54) is 26.3 Å². The smallest absolute Gasteiger partial charge is 0.310 e. The minimum Gasteiger partial charge on any atom is -0.496 e. The van der Waals surface area contributed by atoms with Crippen molar-refractivity contribution >= 4 is 27.7 Å². The highest BCUT2D eigenvalue weighted by molar-refractivity contribution is 8.45. The highest BCUT2D eigenvalue weighted by Crippen LogP contribution is 3.02. The van der Waals surface area contributed by atoms with Crippen molar-refractivity contribution < 1.29 is 47.6 Å². The summed E-state index contributed by atoms with van der Waals surface area (Å²) in [7, 11) is -8.90. The summed E-state index contributed by atoms with van der Waals surface area (Å²) in [5.41, 5.74) is -2.07. The summed E-state index contributed by atoms with van der Waals surface area (Å²) in [5, 5.41) is 22.9. The summed E-state index contributed by atoms with van der Waals surface area (Å²) in [6, 6.07) is -1.33. The lowest BCUT2D eigenvalue weighted by atomic mass is 9.91. The number of nitriles is 1. The molecule has 2 N–H and O–H groups in total. The van der Waals surface area contributed by atoms with Gasteiger partial charge in [0.1, 0.15) is 22.7 Å². The van der Waals surface area contributed by atoms with Gasteiger partial charge in [0.05, 0.1) is 19.3 Å². The SMILES string of the molecule is COc1ccncc1C(C(=O)NC1CCC(F)(F)CC1)N(C(=O)C1CC(C)(O)CN1C#N)c1ccc(S(F)(F)(F)(F)F)cc1. The molecule has 0 spiro atoms. The number of benzene rings is 1. The van der Waals surface area contributed by atoms with Crippen LogP contribution in [0.2, 0.25) is 0 Å². The second-order valence-electron chi connectivity index (χ2n) is 11.3. The van der Waals surface area contributed by atoms with Crippen molar-refractivity contribution in [3.63, 3.8) is 0 Å². The fourth-order valence-electron chi connectivity index (χ4n) is 5.47. The maximum Gasteiger partial charge on any atom is 0.310 e. The number of aromatic nitrogens is 1. The van der Waals surface area contributed by atoms with Crippen molar-refractivity contribution in [3.05, 3.63) is 48.3 Å². The molecule has 1 saturated heterocycles. The Hall–Kier alpha value is -3.78. The van der Waals surface area contributed by atoms with Gasteiger partial charge in [-0.2, -0.15) is 5.26 Å². The summed E-state index contributed by atoms with van der Waals surface area (Å²) in [6.07, 6.45) is 2.62. The third kappa shape index (κ3) is 7.29. The molecule has 2 aromatic rings. The van der Waals surface area contributed by atoms with E-state index in [2.05, 4.69) is 10.3 Å². The van der Waals surface area contributed by atoms with Gasteiger partial charge in [-0.1, -0.05) is 19.4 Å². The van der Waals surface area contributed by atoms with Gasteiger partial charge in [0.25, 0.3) is 5.91 Å². The van der Waals surface area contributed by atoms with E-state index in [-0.39, 0.29) is 49.3 Å². The number of methoxy groups -OCH3 is 1. The van der Waals surface area contributed by atoms with E-state index in [9.17, 15) is 48.2 Å². The highest BCUT2D eigenvalue weighted by Gasteiger charge is 2.65. The van der Waals surface area contributed by atoms with Crippen molar-refractivity contribution in [2.45, 2.75) is 73.6 Å². The molecule has 4 rings (SSSR count). The van der Waals surface area contributed by atoms with Crippen LogP contribution < -0.4 is 15.0 Å². The number of likely N-dealkylation sites (tertiary alicyclic amines) is 1. The van der Waals surface area contributed by atoms with Crippen LogP contribution in [0.5, 0.6) is 5.75 Å². The number of hydrogen-bond donors (Lipinski definition) is 2. The maximum atomic E-state index is 14.2. The Morgan fingerprint density at radius 3 is 2.32 bits per heavy atom. The van der Waals surface area contributed by atoms with Gasteiger partial charge in [-0.3, -0.25) is 24.4 Å². The first kappa shape index (κ1) is 33.1. The van der Waals surface area contributed by atoms with Gasteiger partial charge in [0.15, 0.2) is 6.19 Å². The van der Waals surface area contributed by atoms with Crippen LogP contribution in [0.15, 0.2) is 47.6 Å². The number of carbonyl (C=O) groups excluding carboxylic acids is 2. The molecule has 0 radical (unpaired) electrons. The van der Waals surface area contributed by atoms with Crippen molar-refractivity contribution in [2.75, 3.05) is 18.6 Å². The second-order valence-corrected chi connectivity index (χ2v) is 13.7. The Morgan fingerprint density at radius 1 is 1.16 bits per heavy atom. The third-order valence-corrected chi connectivity index (χ3v) is 8.79. The number of amides is 2. The first-order valence-corrected chi connectivity index (χ1v) is 15.3. The molecule has 2 heterocycles. The predicted molar refractivity (Wildman–Crippen MR) is 146 cm³/mol. The summed E-state index contributed by atoms with van der Waals surface area (Å²) >= 11 is 0. The number of aliphatic hydroxyl groups is 1. The summed E-state index contributed by atoms with van der Waals surface area (Å²) in [4.78, 5) is 31.6. The first-order valence-electron chi connectivity index (χ1n) is 13.4. The number of β-amino-alcohol motifs (C(OH)–C–C–N with tert-alkyl or cyclic N) is 1. The fourth-order valence-corrected chi connectivity index (χ4v) is 6.12. The highest BCUT2D eigenvalue weighted by atomic mass is 32.5. The predicted octanol–water partition coefficient (Wildman–Crippen LogP) is 5.82. The van der Waals surface area contributed by atoms with Crippen molar-refractivity contribution in [3.8, 4) is 11.9 Å². The van der Waals surface area contributed by atoms with Gasteiger partial charge in [0.2, 0.25) is 11.8 Å². The van der Waals surface area contributed by atoms with Crippen LogP contribution in [0, 0.1) is 11.5 Å². The van der Waals surface area contributed by atoms with E-state index in [0.29, 0.717) is 12.1 Å². The third-order valence-electron chi connectivity index (χ3n) is 7.63. The van der Waals surface area contributed by atoms with Crippen LogP contribution in [-0.4, -0.2) is 64.1 Å². The molecule has 1 aromatic heterocycles. The molecule has 2 amide bonds. The Bertz CT molecular complexity index is 1460. The molecule has 2 aliphatic rings. The normalized spacial score (nSPS) is 24.4. The number of alkyl halides is 2. The van der Waals surface area contributed by atoms with Crippen LogP contribution in [0.25, 0.3) is 0 Å². The van der Waals surface area contributed by atoms with Crippen molar-refractivity contribution in [1.82, 2.24) is 15.2 Å². The maximum absolute atomic E-state index is 14.2. The Kier molecular flexibility index (Phi) is 8.04.